The van der Waals surface area contributed by atoms with Crippen LogP contribution >= 0.6 is 0 Å². The lowest BCUT2D eigenvalue weighted by molar-refractivity contribution is -0.136. The molecule has 0 radical (unpaired) electrons. The summed E-state index contributed by atoms with van der Waals surface area (Å²) in [5.74, 6) is 0.780. The van der Waals surface area contributed by atoms with Gasteiger partial charge in [0.1, 0.15) is 7.85 Å². The third kappa shape index (κ3) is 20.9. The van der Waals surface area contributed by atoms with Crippen molar-refractivity contribution in [1.82, 2.24) is 4.90 Å². The number of carbonyl (C=O) groups is 1. The van der Waals surface area contributed by atoms with Crippen molar-refractivity contribution in [3.8, 4) is 0 Å². The maximum absolute atomic E-state index is 12.9. The molecule has 0 fully saturated rings. The molecule has 0 saturated carbocycles. The molecule has 1 unspecified atom stereocenters. The summed E-state index contributed by atoms with van der Waals surface area (Å²) in [7, 11) is 2.26. The molecule has 0 aliphatic rings. The van der Waals surface area contributed by atoms with Crippen LogP contribution < -0.4 is 5.73 Å². The van der Waals surface area contributed by atoms with Crippen LogP contribution in [0, 0.1) is 16.7 Å². The van der Waals surface area contributed by atoms with Gasteiger partial charge in [0, 0.05) is 26.2 Å². The number of unbranched alkanes of at least 4 members (excludes halogenated alkanes) is 2. The van der Waals surface area contributed by atoms with Crippen molar-refractivity contribution in [1.29, 1.82) is 0 Å². The van der Waals surface area contributed by atoms with Gasteiger partial charge in [-0.15, -0.1) is 0 Å². The minimum Gasteiger partial charge on any atom is -0.376 e. The Hall–Kier alpha value is -0.585. The van der Waals surface area contributed by atoms with Gasteiger partial charge in [0.15, 0.2) is 0 Å². The van der Waals surface area contributed by atoms with Gasteiger partial charge in [0.25, 0.3) is 0 Å². The highest BCUT2D eigenvalue weighted by Gasteiger charge is 2.27. The van der Waals surface area contributed by atoms with Crippen LogP contribution in [0.4, 0.5) is 0 Å². The first kappa shape index (κ1) is 38.4. The minimum atomic E-state index is -0.612. The van der Waals surface area contributed by atoms with Gasteiger partial charge in [-0.25, -0.2) is 0 Å². The predicted octanol–water partition coefficient (Wildman–Crippen LogP) is 7.76. The number of nitrogens with two attached hydrogens (primary N) is 1. The van der Waals surface area contributed by atoms with Gasteiger partial charge >= 0.3 is 0 Å². The second-order valence-electron chi connectivity index (χ2n) is 16.2. The van der Waals surface area contributed by atoms with Crippen LogP contribution in [0.3, 0.4) is 0 Å². The van der Waals surface area contributed by atoms with E-state index in [1.165, 1.54) is 12.8 Å². The number of ether oxygens (including phenoxy) is 2. The molecule has 0 spiro atoms. The average molecular weight is 553 g/mol. The molecule has 5 nitrogen and oxygen atoms in total. The second-order valence-corrected chi connectivity index (χ2v) is 16.2. The SMILES string of the molecule is BCC(CCC(C)(C)OCCC(C)(C)CCCCCN(C(=O)CCCC(C)(C)C)C(C)(C)N)COC(C)(C)C. The third-order valence-corrected chi connectivity index (χ3v) is 7.81. The van der Waals surface area contributed by atoms with E-state index in [2.05, 4.69) is 77.1 Å². The molecule has 39 heavy (non-hydrogen) atoms. The summed E-state index contributed by atoms with van der Waals surface area (Å²) in [6, 6.07) is 0. The number of nitrogens with zero attached hydrogens (tertiary/aromatic N) is 1. The van der Waals surface area contributed by atoms with Crippen LogP contribution in [0.2, 0.25) is 6.32 Å². The van der Waals surface area contributed by atoms with E-state index >= 15 is 0 Å². The lowest BCUT2D eigenvalue weighted by Crippen LogP contribution is -2.54. The fourth-order valence-electron chi connectivity index (χ4n) is 4.82. The lowest BCUT2D eigenvalue weighted by Gasteiger charge is -2.36. The fraction of sp³-hybridized carbons (Fsp3) is 0.970. The molecule has 0 rings (SSSR count). The molecule has 0 aromatic carbocycles. The highest BCUT2D eigenvalue weighted by atomic mass is 16.5. The van der Waals surface area contributed by atoms with Crippen molar-refractivity contribution in [3.05, 3.63) is 0 Å². The maximum Gasteiger partial charge on any atom is 0.224 e. The summed E-state index contributed by atoms with van der Waals surface area (Å²) in [4.78, 5) is 14.8. The number of carbonyl (C=O) groups excluding carboxylic acids is 1. The fourth-order valence-corrected chi connectivity index (χ4v) is 4.82. The second kappa shape index (κ2) is 16.8. The van der Waals surface area contributed by atoms with Gasteiger partial charge in [0.05, 0.1) is 16.9 Å². The van der Waals surface area contributed by atoms with Crippen LogP contribution in [-0.2, 0) is 14.3 Å². The topological polar surface area (TPSA) is 64.8 Å². The minimum absolute atomic E-state index is 0.0747. The van der Waals surface area contributed by atoms with Gasteiger partial charge in [-0.05, 0) is 110 Å². The molecule has 0 heterocycles. The Morgan fingerprint density at radius 3 is 1.92 bits per heavy atom. The molecular weight excluding hydrogens is 483 g/mol. The van der Waals surface area contributed by atoms with Crippen molar-refractivity contribution >= 4 is 13.8 Å². The largest absolute Gasteiger partial charge is 0.376 e. The molecule has 0 aliphatic heterocycles. The molecule has 0 aliphatic carbocycles. The quantitative estimate of drug-likeness (QED) is 0.0952. The van der Waals surface area contributed by atoms with E-state index in [0.717, 1.165) is 71.0 Å². The van der Waals surface area contributed by atoms with Crippen molar-refractivity contribution in [2.24, 2.45) is 22.5 Å². The Labute approximate surface area is 245 Å². The van der Waals surface area contributed by atoms with E-state index in [-0.39, 0.29) is 27.9 Å². The molecule has 0 aromatic rings. The Morgan fingerprint density at radius 1 is 0.795 bits per heavy atom. The molecule has 1 atom stereocenters. The van der Waals surface area contributed by atoms with Gasteiger partial charge < -0.3 is 20.1 Å². The molecular formula is C33H69BN2O3. The van der Waals surface area contributed by atoms with Crippen LogP contribution in [0.1, 0.15) is 147 Å². The summed E-state index contributed by atoms with van der Waals surface area (Å²) in [5.41, 5.74) is 6.09. The zero-order chi connectivity index (χ0) is 30.5. The van der Waals surface area contributed by atoms with Crippen LogP contribution in [-0.4, -0.2) is 55.3 Å². The van der Waals surface area contributed by atoms with Gasteiger partial charge in [-0.2, -0.15) is 0 Å². The average Bonchev–Trinajstić information content (AvgIpc) is 2.73. The molecule has 0 aromatic heterocycles. The Morgan fingerprint density at radius 2 is 1.41 bits per heavy atom. The van der Waals surface area contributed by atoms with E-state index in [1.807, 2.05) is 18.7 Å². The molecule has 1 amide bonds. The Kier molecular flexibility index (Phi) is 16.5. The first-order valence-electron chi connectivity index (χ1n) is 15.9. The van der Waals surface area contributed by atoms with Crippen molar-refractivity contribution in [2.75, 3.05) is 19.8 Å². The van der Waals surface area contributed by atoms with E-state index < -0.39 is 5.66 Å². The lowest BCUT2D eigenvalue weighted by atomic mass is 9.83. The highest BCUT2D eigenvalue weighted by Crippen LogP contribution is 2.30. The number of rotatable bonds is 20. The van der Waals surface area contributed by atoms with E-state index in [0.29, 0.717) is 12.3 Å². The molecule has 2 N–H and O–H groups in total. The van der Waals surface area contributed by atoms with Crippen molar-refractivity contribution in [3.63, 3.8) is 0 Å². The summed E-state index contributed by atoms with van der Waals surface area (Å²) in [6.07, 6.45) is 11.4. The molecule has 0 bridgehead atoms. The smallest absolute Gasteiger partial charge is 0.224 e. The van der Waals surface area contributed by atoms with Gasteiger partial charge in [-0.1, -0.05) is 53.8 Å². The van der Waals surface area contributed by atoms with E-state index in [4.69, 9.17) is 15.2 Å². The predicted molar refractivity (Wildman–Crippen MR) is 172 cm³/mol. The zero-order valence-electron chi connectivity index (χ0n) is 28.7. The monoisotopic (exact) mass is 553 g/mol. The summed E-state index contributed by atoms with van der Waals surface area (Å²) >= 11 is 0. The van der Waals surface area contributed by atoms with Gasteiger partial charge in [-0.3, -0.25) is 4.79 Å². The van der Waals surface area contributed by atoms with Crippen LogP contribution in [0.25, 0.3) is 0 Å². The van der Waals surface area contributed by atoms with Crippen molar-refractivity contribution in [2.45, 2.75) is 170 Å². The molecule has 232 valence electrons. The normalized spacial score (nSPS) is 14.5. The first-order chi connectivity index (χ1) is 17.6. The highest BCUT2D eigenvalue weighted by molar-refractivity contribution is 6.08. The van der Waals surface area contributed by atoms with Crippen LogP contribution in [0.5, 0.6) is 0 Å². The maximum atomic E-state index is 12.9. The van der Waals surface area contributed by atoms with E-state index in [9.17, 15) is 4.79 Å². The standard InChI is InChI=1S/C33H69BN2O3/c1-29(2,3)19-16-17-28(37)36(33(11,12)35)23-15-13-14-20-31(7,8)22-24-38-32(9,10)21-18-27(25-34)26-39-30(4,5)6/h27H,13-26,34-35H2,1-12H3. The summed E-state index contributed by atoms with van der Waals surface area (Å²) < 4.78 is 12.4. The Balaban J connectivity index is 4.41. The van der Waals surface area contributed by atoms with Gasteiger partial charge in [0.2, 0.25) is 5.91 Å². The van der Waals surface area contributed by atoms with E-state index in [1.54, 1.807) is 0 Å². The number of hydrogen-bond acceptors (Lipinski definition) is 4. The Bertz CT molecular complexity index is 672. The number of amides is 1. The van der Waals surface area contributed by atoms with Crippen LogP contribution in [0.15, 0.2) is 0 Å². The molecule has 6 heteroatoms. The molecule has 0 saturated heterocycles. The number of hydrogen-bond donors (Lipinski definition) is 1. The zero-order valence-corrected chi connectivity index (χ0v) is 28.7. The van der Waals surface area contributed by atoms with Crippen molar-refractivity contribution < 1.29 is 14.3 Å². The summed E-state index contributed by atoms with van der Waals surface area (Å²) in [5, 5.41) is 0. The summed E-state index contributed by atoms with van der Waals surface area (Å²) in [6.45, 7) is 28.5. The third-order valence-electron chi connectivity index (χ3n) is 7.81. The first-order valence-corrected chi connectivity index (χ1v) is 15.9.